The number of nitrogens with zero attached hydrogens (tertiary/aromatic N) is 2. The number of esters is 1. The summed E-state index contributed by atoms with van der Waals surface area (Å²) >= 11 is 0. The number of carbonyl (C=O) groups is 3. The van der Waals surface area contributed by atoms with E-state index in [1.54, 1.807) is 11.9 Å². The summed E-state index contributed by atoms with van der Waals surface area (Å²) in [5.74, 6) is -0.780. The van der Waals surface area contributed by atoms with Crippen LogP contribution in [-0.4, -0.2) is 50.0 Å². The minimum absolute atomic E-state index is 0.170. The molecule has 1 saturated carbocycles. The third-order valence-electron chi connectivity index (χ3n) is 6.04. The van der Waals surface area contributed by atoms with Crippen molar-refractivity contribution >= 4 is 29.3 Å². The molecule has 1 aromatic carbocycles. The molecule has 1 fully saturated rings. The monoisotopic (exact) mass is 428 g/mol. The first-order chi connectivity index (χ1) is 14.8. The molecule has 0 radical (unpaired) electrons. The average Bonchev–Trinajstić information content (AvgIpc) is 2.88. The zero-order valence-electron chi connectivity index (χ0n) is 18.7. The van der Waals surface area contributed by atoms with Gasteiger partial charge in [0.05, 0.1) is 18.5 Å². The number of carbonyl (C=O) groups excluding carboxylic acids is 3. The molecule has 0 spiro atoms. The lowest BCUT2D eigenvalue weighted by atomic mass is 9.83. The van der Waals surface area contributed by atoms with Crippen LogP contribution in [0, 0.1) is 11.8 Å². The Morgan fingerprint density at radius 2 is 1.84 bits per heavy atom. The molecule has 31 heavy (non-hydrogen) atoms. The summed E-state index contributed by atoms with van der Waals surface area (Å²) in [5.41, 5.74) is 2.59. The van der Waals surface area contributed by atoms with Gasteiger partial charge >= 0.3 is 12.0 Å². The third kappa shape index (κ3) is 5.06. The highest BCUT2D eigenvalue weighted by Crippen LogP contribution is 2.33. The summed E-state index contributed by atoms with van der Waals surface area (Å²) in [7, 11) is 2.97. The first kappa shape index (κ1) is 22.8. The molecule has 168 valence electrons. The minimum atomic E-state index is -1.07. The molecule has 2 N–H and O–H groups in total. The lowest BCUT2D eigenvalue weighted by Gasteiger charge is -2.25. The molecule has 3 rings (SSSR count). The van der Waals surface area contributed by atoms with Crippen molar-refractivity contribution in [1.29, 1.82) is 0 Å². The van der Waals surface area contributed by atoms with Crippen LogP contribution in [0.4, 0.5) is 10.5 Å². The van der Waals surface area contributed by atoms with Gasteiger partial charge in [-0.3, -0.25) is 9.79 Å². The number of fused-ring (bicyclic) bond motifs is 1. The Hall–Kier alpha value is -2.90. The predicted octanol–water partition coefficient (Wildman–Crippen LogP) is 2.86. The van der Waals surface area contributed by atoms with Gasteiger partial charge in [0.2, 0.25) is 6.17 Å². The van der Waals surface area contributed by atoms with Gasteiger partial charge in [-0.2, -0.15) is 0 Å². The van der Waals surface area contributed by atoms with Gasteiger partial charge in [0, 0.05) is 18.5 Å². The largest absolute Gasteiger partial charge is 0.467 e. The molecule has 2 atom stereocenters. The van der Waals surface area contributed by atoms with E-state index in [1.165, 1.54) is 13.5 Å². The Kier molecular flexibility index (Phi) is 7.30. The van der Waals surface area contributed by atoms with Gasteiger partial charge in [0.1, 0.15) is 6.04 Å². The lowest BCUT2D eigenvalue weighted by molar-refractivity contribution is -0.143. The van der Waals surface area contributed by atoms with Crippen molar-refractivity contribution in [3.8, 4) is 0 Å². The zero-order chi connectivity index (χ0) is 22.5. The highest BCUT2D eigenvalue weighted by molar-refractivity contribution is 6.13. The fourth-order valence-electron chi connectivity index (χ4n) is 4.28. The molecular weight excluding hydrogens is 396 g/mol. The Morgan fingerprint density at radius 3 is 2.48 bits per heavy atom. The maximum atomic E-state index is 13.2. The summed E-state index contributed by atoms with van der Waals surface area (Å²) in [4.78, 5) is 44.2. The Balaban J connectivity index is 1.89. The van der Waals surface area contributed by atoms with Gasteiger partial charge in [-0.25, -0.2) is 9.59 Å². The third-order valence-corrected chi connectivity index (χ3v) is 6.04. The number of benzodiazepines with no additional fused rings is 1. The maximum absolute atomic E-state index is 13.2. The molecule has 2 aliphatic rings. The number of rotatable bonds is 5. The molecule has 3 amide bonds. The topological polar surface area (TPSA) is 100 Å². The van der Waals surface area contributed by atoms with E-state index < -0.39 is 24.2 Å². The van der Waals surface area contributed by atoms with E-state index in [2.05, 4.69) is 10.6 Å². The Labute approximate surface area is 183 Å². The van der Waals surface area contributed by atoms with Gasteiger partial charge in [-0.1, -0.05) is 51.3 Å². The Bertz CT molecular complexity index is 861. The molecule has 1 aromatic rings. The molecule has 0 saturated heterocycles. The van der Waals surface area contributed by atoms with E-state index in [9.17, 15) is 14.4 Å². The Morgan fingerprint density at radius 1 is 1.16 bits per heavy atom. The fourth-order valence-corrected chi connectivity index (χ4v) is 4.28. The van der Waals surface area contributed by atoms with Gasteiger partial charge in [0.25, 0.3) is 5.91 Å². The smallest absolute Gasteiger partial charge is 0.328 e. The standard InChI is InChI=1S/C23H32N4O4/c1-14(2)18(22(29)31-4)25-23(30)26-20-21(28)27(3)17-13-9-8-12-16(17)19(24-20)15-10-6-5-7-11-15/h8-9,12-15,18,20H,5-7,10-11H2,1-4H3,(H2,25,26,30). The molecule has 1 heterocycles. The quantitative estimate of drug-likeness (QED) is 0.705. The number of urea groups is 1. The number of benzene rings is 1. The van der Waals surface area contributed by atoms with Crippen molar-refractivity contribution in [3.63, 3.8) is 0 Å². The number of likely N-dealkylation sites (N-methyl/N-ethyl adjacent to an activating group) is 1. The average molecular weight is 429 g/mol. The van der Waals surface area contributed by atoms with Gasteiger partial charge in [0.15, 0.2) is 0 Å². The summed E-state index contributed by atoms with van der Waals surface area (Å²) in [6, 6.07) is 6.28. The first-order valence-electron chi connectivity index (χ1n) is 10.9. The van der Waals surface area contributed by atoms with Crippen LogP contribution < -0.4 is 15.5 Å². The molecular formula is C23H32N4O4. The van der Waals surface area contributed by atoms with E-state index in [1.807, 2.05) is 38.1 Å². The van der Waals surface area contributed by atoms with E-state index in [-0.39, 0.29) is 17.7 Å². The SMILES string of the molecule is COC(=O)C(NC(=O)NC1N=C(C2CCCCC2)c2ccccc2N(C)C1=O)C(C)C. The predicted molar refractivity (Wildman–Crippen MR) is 119 cm³/mol. The van der Waals surface area contributed by atoms with Crippen LogP contribution >= 0.6 is 0 Å². The fraction of sp³-hybridized carbons (Fsp3) is 0.565. The number of hydrogen-bond donors (Lipinski definition) is 2. The summed E-state index contributed by atoms with van der Waals surface area (Å²) in [6.07, 6.45) is 4.43. The molecule has 0 aromatic heterocycles. The molecule has 0 bridgehead atoms. The maximum Gasteiger partial charge on any atom is 0.328 e. The van der Waals surface area contributed by atoms with Crippen molar-refractivity contribution < 1.29 is 19.1 Å². The van der Waals surface area contributed by atoms with Crippen molar-refractivity contribution in [2.75, 3.05) is 19.1 Å². The number of nitrogens with one attached hydrogen (secondary N) is 2. The molecule has 8 nitrogen and oxygen atoms in total. The zero-order valence-corrected chi connectivity index (χ0v) is 18.7. The van der Waals surface area contributed by atoms with Crippen LogP contribution in [0.2, 0.25) is 0 Å². The summed E-state index contributed by atoms with van der Waals surface area (Å²) in [6.45, 7) is 3.62. The van der Waals surface area contributed by atoms with Gasteiger partial charge < -0.3 is 20.3 Å². The van der Waals surface area contributed by atoms with Crippen molar-refractivity contribution in [3.05, 3.63) is 29.8 Å². The second-order valence-electron chi connectivity index (χ2n) is 8.53. The lowest BCUT2D eigenvalue weighted by Crippen LogP contribution is -2.54. The van der Waals surface area contributed by atoms with E-state index in [0.29, 0.717) is 0 Å². The molecule has 8 heteroatoms. The summed E-state index contributed by atoms with van der Waals surface area (Å²) in [5, 5.41) is 5.29. The van der Waals surface area contributed by atoms with Crippen LogP contribution in [0.25, 0.3) is 0 Å². The van der Waals surface area contributed by atoms with E-state index >= 15 is 0 Å². The molecule has 1 aliphatic carbocycles. The molecule has 2 unspecified atom stereocenters. The normalized spacial score (nSPS) is 20.4. The number of aliphatic imine (C=N–C) groups is 1. The van der Waals surface area contributed by atoms with Crippen LogP contribution in [0.5, 0.6) is 0 Å². The van der Waals surface area contributed by atoms with Crippen LogP contribution in [-0.2, 0) is 14.3 Å². The van der Waals surface area contributed by atoms with Crippen LogP contribution in [0.15, 0.2) is 29.3 Å². The van der Waals surface area contributed by atoms with E-state index in [4.69, 9.17) is 9.73 Å². The highest BCUT2D eigenvalue weighted by atomic mass is 16.5. The van der Waals surface area contributed by atoms with Crippen LogP contribution in [0.3, 0.4) is 0 Å². The summed E-state index contributed by atoms with van der Waals surface area (Å²) < 4.78 is 4.78. The van der Waals surface area contributed by atoms with Crippen molar-refractivity contribution in [1.82, 2.24) is 10.6 Å². The van der Waals surface area contributed by atoms with E-state index in [0.717, 1.165) is 42.6 Å². The number of anilines is 1. The number of hydrogen-bond acceptors (Lipinski definition) is 5. The van der Waals surface area contributed by atoms with Gasteiger partial charge in [-0.15, -0.1) is 0 Å². The molecule has 1 aliphatic heterocycles. The number of amides is 3. The second-order valence-corrected chi connectivity index (χ2v) is 8.53. The number of para-hydroxylation sites is 1. The van der Waals surface area contributed by atoms with Gasteiger partial charge in [-0.05, 0) is 24.8 Å². The number of ether oxygens (including phenoxy) is 1. The van der Waals surface area contributed by atoms with Crippen molar-refractivity contribution in [2.24, 2.45) is 16.8 Å². The first-order valence-corrected chi connectivity index (χ1v) is 10.9. The highest BCUT2D eigenvalue weighted by Gasteiger charge is 2.34. The van der Waals surface area contributed by atoms with Crippen molar-refractivity contribution in [2.45, 2.75) is 58.2 Å². The van der Waals surface area contributed by atoms with Crippen LogP contribution in [0.1, 0.15) is 51.5 Å². The second kappa shape index (κ2) is 9.94. The minimum Gasteiger partial charge on any atom is -0.467 e. The number of methoxy groups -OCH3 is 1.